The van der Waals surface area contributed by atoms with Crippen molar-refractivity contribution in [2.75, 3.05) is 39.3 Å². The zero-order valence-corrected chi connectivity index (χ0v) is 24.3. The Bertz CT molecular complexity index is 870. The van der Waals surface area contributed by atoms with Gasteiger partial charge >= 0.3 is 0 Å². The summed E-state index contributed by atoms with van der Waals surface area (Å²) in [6.07, 6.45) is 7.51. The summed E-state index contributed by atoms with van der Waals surface area (Å²) in [5, 5.41) is 6.76. The predicted molar refractivity (Wildman–Crippen MR) is 153 cm³/mol. The van der Waals surface area contributed by atoms with Gasteiger partial charge in [-0.3, -0.25) is 19.5 Å². The number of likely N-dealkylation sites (tertiary alicyclic amines) is 2. The Hall–Kier alpha value is -1.62. The van der Waals surface area contributed by atoms with Gasteiger partial charge in [0.25, 0.3) is 0 Å². The maximum Gasteiger partial charge on any atom is 0.228 e. The standard InChI is InChI=1S/C29H52FN7O2/c1-4-5-8-28(3)9-6-21(30)16-34-22(15-28)25(26(31)32)27(39)35-23-17-33-12-7-24(23)36-13-10-29(11-14-36)18-37(19-29)20(2)38/h16,21-26,33H,4-15,17-19,31-32H2,1-3H3,(H,35,39)/b34-16-. The fourth-order valence-corrected chi connectivity index (χ4v) is 7.42. The van der Waals surface area contributed by atoms with E-state index in [9.17, 15) is 14.0 Å². The quantitative estimate of drug-likeness (QED) is 0.342. The summed E-state index contributed by atoms with van der Waals surface area (Å²) in [6, 6.07) is -0.273. The van der Waals surface area contributed by atoms with Crippen LogP contribution in [0.2, 0.25) is 0 Å². The minimum absolute atomic E-state index is 0.0606. The summed E-state index contributed by atoms with van der Waals surface area (Å²) >= 11 is 0. The van der Waals surface area contributed by atoms with Crippen molar-refractivity contribution in [3.8, 4) is 0 Å². The number of unbranched alkanes of at least 4 members (excludes halogenated alkanes) is 1. The first-order valence-corrected chi connectivity index (χ1v) is 15.2. The van der Waals surface area contributed by atoms with E-state index in [0.29, 0.717) is 19.4 Å². The van der Waals surface area contributed by atoms with Crippen LogP contribution in [0.3, 0.4) is 0 Å². The van der Waals surface area contributed by atoms with Gasteiger partial charge in [-0.05, 0) is 70.0 Å². The van der Waals surface area contributed by atoms with E-state index in [1.165, 1.54) is 6.21 Å². The summed E-state index contributed by atoms with van der Waals surface area (Å²) in [7, 11) is 0. The van der Waals surface area contributed by atoms with Crippen LogP contribution >= 0.6 is 0 Å². The second-order valence-corrected chi connectivity index (χ2v) is 13.2. The third kappa shape index (κ3) is 7.37. The van der Waals surface area contributed by atoms with Crippen molar-refractivity contribution in [3.05, 3.63) is 0 Å². The Morgan fingerprint density at radius 3 is 2.56 bits per heavy atom. The number of alkyl halides is 1. The lowest BCUT2D eigenvalue weighted by Gasteiger charge is -2.55. The van der Waals surface area contributed by atoms with E-state index in [1.54, 1.807) is 6.92 Å². The van der Waals surface area contributed by atoms with Gasteiger partial charge in [0.2, 0.25) is 11.8 Å². The lowest BCUT2D eigenvalue weighted by Crippen LogP contribution is -2.66. The number of piperidine rings is 2. The highest BCUT2D eigenvalue weighted by Gasteiger charge is 2.47. The van der Waals surface area contributed by atoms with Crippen LogP contribution in [-0.4, -0.2) is 97.6 Å². The van der Waals surface area contributed by atoms with Crippen molar-refractivity contribution >= 4 is 18.0 Å². The maximum atomic E-state index is 14.6. The lowest BCUT2D eigenvalue weighted by molar-refractivity contribution is -0.145. The summed E-state index contributed by atoms with van der Waals surface area (Å²) in [4.78, 5) is 34.6. The molecule has 0 saturated carbocycles. The van der Waals surface area contributed by atoms with Gasteiger partial charge in [-0.1, -0.05) is 26.7 Å². The monoisotopic (exact) mass is 549 g/mol. The van der Waals surface area contributed by atoms with Gasteiger partial charge in [-0.2, -0.15) is 0 Å². The van der Waals surface area contributed by atoms with Crippen LogP contribution in [0.25, 0.3) is 0 Å². The van der Waals surface area contributed by atoms with Crippen LogP contribution in [0.1, 0.15) is 78.6 Å². The molecule has 10 heteroatoms. The number of nitrogens with one attached hydrogen (secondary N) is 2. The van der Waals surface area contributed by atoms with Crippen LogP contribution in [0, 0.1) is 16.7 Å². The average Bonchev–Trinajstić information content (AvgIpc) is 2.87. The molecule has 2 amide bonds. The van der Waals surface area contributed by atoms with Crippen LogP contribution in [-0.2, 0) is 9.59 Å². The highest BCUT2D eigenvalue weighted by Crippen LogP contribution is 2.42. The van der Waals surface area contributed by atoms with Gasteiger partial charge in [-0.15, -0.1) is 0 Å². The van der Waals surface area contributed by atoms with Crippen LogP contribution < -0.4 is 22.1 Å². The summed E-state index contributed by atoms with van der Waals surface area (Å²) in [5.74, 6) is -0.727. The molecule has 3 saturated heterocycles. The minimum Gasteiger partial charge on any atom is -0.350 e. The Balaban J connectivity index is 1.42. The molecule has 0 aliphatic carbocycles. The molecule has 6 atom stereocenters. The van der Waals surface area contributed by atoms with Crippen molar-refractivity contribution in [2.45, 2.75) is 109 Å². The van der Waals surface area contributed by atoms with E-state index in [0.717, 1.165) is 77.7 Å². The molecule has 1 spiro atoms. The molecule has 4 aliphatic rings. The zero-order chi connectivity index (χ0) is 28.2. The van der Waals surface area contributed by atoms with Crippen molar-refractivity contribution in [1.29, 1.82) is 0 Å². The molecular weight excluding hydrogens is 497 g/mol. The predicted octanol–water partition coefficient (Wildman–Crippen LogP) is 1.80. The van der Waals surface area contributed by atoms with Gasteiger partial charge in [0.05, 0.1) is 24.2 Å². The maximum absolute atomic E-state index is 14.6. The molecule has 222 valence electrons. The number of carbonyl (C=O) groups is 2. The molecule has 6 unspecified atom stereocenters. The Morgan fingerprint density at radius 1 is 1.21 bits per heavy atom. The molecule has 3 fully saturated rings. The van der Waals surface area contributed by atoms with Crippen LogP contribution in [0.15, 0.2) is 4.99 Å². The van der Waals surface area contributed by atoms with Gasteiger partial charge in [0, 0.05) is 44.2 Å². The highest BCUT2D eigenvalue weighted by atomic mass is 19.1. The topological polar surface area (TPSA) is 129 Å². The van der Waals surface area contributed by atoms with Crippen molar-refractivity contribution in [2.24, 2.45) is 33.2 Å². The van der Waals surface area contributed by atoms with Gasteiger partial charge in [0.15, 0.2) is 0 Å². The number of nitrogens with two attached hydrogens (primary N) is 2. The normalized spacial score (nSPS) is 35.1. The molecule has 0 radical (unpaired) electrons. The lowest BCUT2D eigenvalue weighted by atomic mass is 9.71. The van der Waals surface area contributed by atoms with Crippen LogP contribution in [0.5, 0.6) is 0 Å². The number of carbonyl (C=O) groups excluding carboxylic acids is 2. The SMILES string of the molecule is CCCCC1(C)CCC(F)/C=N\C(C(C(=O)NC2CNCCC2N2CCC3(CC2)CN(C(C)=O)C3)C(N)N)C1. The number of aliphatic imine (C=N–C) groups is 1. The number of halogens is 1. The van der Waals surface area contributed by atoms with Gasteiger partial charge in [-0.25, -0.2) is 4.39 Å². The van der Waals surface area contributed by atoms with E-state index < -0.39 is 24.3 Å². The van der Waals surface area contributed by atoms with Crippen LogP contribution in [0.4, 0.5) is 4.39 Å². The molecule has 4 rings (SSSR count). The molecule has 0 aromatic carbocycles. The molecule has 6 N–H and O–H groups in total. The van der Waals surface area contributed by atoms with E-state index in [-0.39, 0.29) is 34.7 Å². The fraction of sp³-hybridized carbons (Fsp3) is 0.897. The summed E-state index contributed by atoms with van der Waals surface area (Å²) in [6.45, 7) is 11.3. The molecule has 4 aliphatic heterocycles. The Kier molecular flexibility index (Phi) is 10.0. The van der Waals surface area contributed by atoms with E-state index in [4.69, 9.17) is 11.5 Å². The van der Waals surface area contributed by atoms with Gasteiger partial charge < -0.3 is 27.0 Å². The number of hydrogen-bond acceptors (Lipinski definition) is 7. The third-order valence-electron chi connectivity index (χ3n) is 10.0. The first-order valence-electron chi connectivity index (χ1n) is 15.2. The van der Waals surface area contributed by atoms with E-state index >= 15 is 0 Å². The fourth-order valence-electron chi connectivity index (χ4n) is 7.42. The molecule has 0 aromatic rings. The molecule has 0 aromatic heterocycles. The number of rotatable bonds is 8. The van der Waals surface area contributed by atoms with Crippen molar-refractivity contribution in [1.82, 2.24) is 20.4 Å². The summed E-state index contributed by atoms with van der Waals surface area (Å²) in [5.41, 5.74) is 12.6. The molecular formula is C29H52FN7O2. The second kappa shape index (κ2) is 12.9. The number of hydrogen-bond donors (Lipinski definition) is 4. The van der Waals surface area contributed by atoms with Crippen molar-refractivity contribution in [3.63, 3.8) is 0 Å². The first kappa shape index (κ1) is 30.3. The Morgan fingerprint density at radius 2 is 1.92 bits per heavy atom. The minimum atomic E-state index is -1.11. The number of nitrogens with zero attached hydrogens (tertiary/aromatic N) is 3. The largest absolute Gasteiger partial charge is 0.350 e. The Labute approximate surface area is 234 Å². The van der Waals surface area contributed by atoms with Gasteiger partial charge in [0.1, 0.15) is 6.17 Å². The zero-order valence-electron chi connectivity index (χ0n) is 24.3. The molecule has 9 nitrogen and oxygen atoms in total. The molecule has 0 bridgehead atoms. The van der Waals surface area contributed by atoms with Crippen molar-refractivity contribution < 1.29 is 14.0 Å². The average molecular weight is 550 g/mol. The number of amides is 2. The third-order valence-corrected chi connectivity index (χ3v) is 10.0. The second-order valence-electron chi connectivity index (χ2n) is 13.2. The molecule has 39 heavy (non-hydrogen) atoms. The first-order chi connectivity index (χ1) is 18.5. The smallest absolute Gasteiger partial charge is 0.228 e. The van der Waals surface area contributed by atoms with E-state index in [2.05, 4.69) is 34.4 Å². The highest BCUT2D eigenvalue weighted by molar-refractivity contribution is 5.81. The summed E-state index contributed by atoms with van der Waals surface area (Å²) < 4.78 is 14.6. The van der Waals surface area contributed by atoms with E-state index in [1.807, 2.05) is 4.90 Å². The molecule has 4 heterocycles.